The van der Waals surface area contributed by atoms with Crippen LogP contribution in [0, 0.1) is 14.1 Å². The molecule has 2 heterocycles. The number of nitrogens with zero attached hydrogens (tertiary/aromatic N) is 1. The lowest BCUT2D eigenvalue weighted by Crippen LogP contribution is -1.86. The Labute approximate surface area is 133 Å². The number of benzene rings is 1. The van der Waals surface area contributed by atoms with E-state index in [0.29, 0.717) is 26.8 Å². The molecule has 0 radical (unpaired) electrons. The van der Waals surface area contributed by atoms with Gasteiger partial charge >= 0.3 is 0 Å². The standard InChI is InChI=1S/C14H10N2O4S2/c17-13-12(22-14(21)15-13)7-10-5-6-11(20-10)8-1-3-9(4-2-8)16(18)19/h1-6,17H,7H2,(H,15,21). The predicted octanol–water partition coefficient (Wildman–Crippen LogP) is 4.27. The van der Waals surface area contributed by atoms with Crippen molar-refractivity contribution >= 4 is 29.2 Å². The number of hydrogen-bond acceptors (Lipinski definition) is 6. The van der Waals surface area contributed by atoms with Gasteiger partial charge in [-0.05, 0) is 36.5 Å². The molecule has 0 amide bonds. The van der Waals surface area contributed by atoms with E-state index in [0.717, 1.165) is 5.56 Å². The minimum absolute atomic E-state index is 0.0348. The van der Waals surface area contributed by atoms with Crippen LogP contribution in [0.1, 0.15) is 10.6 Å². The van der Waals surface area contributed by atoms with Crippen LogP contribution in [0.15, 0.2) is 40.8 Å². The SMILES string of the molecule is O=[N+]([O-])c1ccc(-c2ccc(Cc3sc(=S)[nH]c3O)o2)cc1. The van der Waals surface area contributed by atoms with E-state index in [1.165, 1.54) is 23.5 Å². The molecule has 0 atom stereocenters. The van der Waals surface area contributed by atoms with Crippen LogP contribution in [0.5, 0.6) is 5.88 Å². The highest BCUT2D eigenvalue weighted by Crippen LogP contribution is 2.28. The quantitative estimate of drug-likeness (QED) is 0.422. The van der Waals surface area contributed by atoms with E-state index in [2.05, 4.69) is 4.98 Å². The Morgan fingerprint density at radius 2 is 2.00 bits per heavy atom. The Kier molecular flexibility index (Phi) is 3.78. The Bertz CT molecular complexity index is 877. The summed E-state index contributed by atoms with van der Waals surface area (Å²) in [4.78, 5) is 13.6. The molecule has 6 nitrogen and oxygen atoms in total. The molecule has 22 heavy (non-hydrogen) atoms. The summed E-state index contributed by atoms with van der Waals surface area (Å²) in [5.74, 6) is 1.35. The van der Waals surface area contributed by atoms with E-state index < -0.39 is 4.92 Å². The highest BCUT2D eigenvalue weighted by atomic mass is 32.1. The van der Waals surface area contributed by atoms with Gasteiger partial charge in [0.1, 0.15) is 11.5 Å². The van der Waals surface area contributed by atoms with Crippen molar-refractivity contribution in [2.24, 2.45) is 0 Å². The molecule has 0 spiro atoms. The van der Waals surface area contributed by atoms with Crippen LogP contribution >= 0.6 is 23.6 Å². The summed E-state index contributed by atoms with van der Waals surface area (Å²) in [6.07, 6.45) is 0.427. The first kappa shape index (κ1) is 14.5. The molecule has 0 unspecified atom stereocenters. The van der Waals surface area contributed by atoms with Crippen LogP contribution < -0.4 is 0 Å². The molecule has 2 N–H and O–H groups in total. The monoisotopic (exact) mass is 334 g/mol. The van der Waals surface area contributed by atoms with Gasteiger partial charge in [-0.25, -0.2) is 0 Å². The minimum Gasteiger partial charge on any atom is -0.494 e. The van der Waals surface area contributed by atoms with Crippen LogP contribution in [0.3, 0.4) is 0 Å². The average Bonchev–Trinajstić information content (AvgIpc) is 3.06. The van der Waals surface area contributed by atoms with Gasteiger partial charge in [-0.2, -0.15) is 0 Å². The van der Waals surface area contributed by atoms with E-state index in [9.17, 15) is 15.2 Å². The van der Waals surface area contributed by atoms with E-state index >= 15 is 0 Å². The number of furan rings is 1. The highest BCUT2D eigenvalue weighted by Gasteiger charge is 2.11. The van der Waals surface area contributed by atoms with Crippen molar-refractivity contribution in [2.45, 2.75) is 6.42 Å². The Morgan fingerprint density at radius 1 is 1.27 bits per heavy atom. The molecule has 0 aliphatic rings. The van der Waals surface area contributed by atoms with E-state index in [4.69, 9.17) is 16.6 Å². The van der Waals surface area contributed by atoms with Crippen molar-refractivity contribution in [2.75, 3.05) is 0 Å². The first-order chi connectivity index (χ1) is 10.5. The van der Waals surface area contributed by atoms with Gasteiger partial charge in [0, 0.05) is 24.1 Å². The lowest BCUT2D eigenvalue weighted by Gasteiger charge is -1.98. The fourth-order valence-corrected chi connectivity index (χ4v) is 3.14. The van der Waals surface area contributed by atoms with E-state index in [-0.39, 0.29) is 11.6 Å². The number of thiazole rings is 1. The van der Waals surface area contributed by atoms with E-state index in [1.807, 2.05) is 0 Å². The molecule has 0 saturated heterocycles. The fourth-order valence-electron chi connectivity index (χ4n) is 2.01. The molecule has 3 aromatic rings. The van der Waals surface area contributed by atoms with Crippen molar-refractivity contribution in [3.05, 3.63) is 61.1 Å². The lowest BCUT2D eigenvalue weighted by atomic mass is 10.1. The second kappa shape index (κ2) is 5.74. The number of hydrogen-bond donors (Lipinski definition) is 2. The normalized spacial score (nSPS) is 10.7. The van der Waals surface area contributed by atoms with E-state index in [1.54, 1.807) is 24.3 Å². The first-order valence-corrected chi connectivity index (χ1v) is 7.50. The minimum atomic E-state index is -0.445. The zero-order chi connectivity index (χ0) is 15.7. The average molecular weight is 334 g/mol. The molecule has 1 aromatic carbocycles. The fraction of sp³-hybridized carbons (Fsp3) is 0.0714. The maximum absolute atomic E-state index is 10.6. The van der Waals surface area contributed by atoms with Gasteiger partial charge in [0.2, 0.25) is 5.88 Å². The molecule has 0 bridgehead atoms. The van der Waals surface area contributed by atoms with Crippen LogP contribution in [-0.4, -0.2) is 15.0 Å². The number of aromatic hydroxyl groups is 1. The number of H-pyrrole nitrogens is 1. The van der Waals surface area contributed by atoms with Crippen LogP contribution in [0.4, 0.5) is 5.69 Å². The molecule has 0 aliphatic carbocycles. The van der Waals surface area contributed by atoms with Crippen molar-refractivity contribution in [1.29, 1.82) is 0 Å². The smallest absolute Gasteiger partial charge is 0.269 e. The number of aromatic amines is 1. The van der Waals surface area contributed by atoms with Gasteiger partial charge in [0.05, 0.1) is 9.80 Å². The molecule has 0 aliphatic heterocycles. The zero-order valence-corrected chi connectivity index (χ0v) is 12.7. The summed E-state index contributed by atoms with van der Waals surface area (Å²) in [7, 11) is 0. The van der Waals surface area contributed by atoms with Crippen LogP contribution in [0.25, 0.3) is 11.3 Å². The van der Waals surface area contributed by atoms with Crippen molar-refractivity contribution in [1.82, 2.24) is 4.98 Å². The molecule has 0 fully saturated rings. The Hall–Kier alpha value is -2.45. The molecular weight excluding hydrogens is 324 g/mol. The summed E-state index contributed by atoms with van der Waals surface area (Å²) in [6, 6.07) is 9.73. The largest absolute Gasteiger partial charge is 0.494 e. The Morgan fingerprint density at radius 3 is 2.59 bits per heavy atom. The summed E-state index contributed by atoms with van der Waals surface area (Å²) in [6.45, 7) is 0. The number of aromatic nitrogens is 1. The summed E-state index contributed by atoms with van der Waals surface area (Å²) < 4.78 is 6.22. The van der Waals surface area contributed by atoms with Gasteiger partial charge in [-0.3, -0.25) is 10.1 Å². The third-order valence-electron chi connectivity index (χ3n) is 3.06. The molecule has 8 heteroatoms. The van der Waals surface area contributed by atoms with Crippen LogP contribution in [-0.2, 0) is 6.42 Å². The van der Waals surface area contributed by atoms with Gasteiger partial charge in [-0.1, -0.05) is 0 Å². The third-order valence-corrected chi connectivity index (χ3v) is 4.28. The third kappa shape index (κ3) is 2.92. The second-order valence-electron chi connectivity index (χ2n) is 4.53. The zero-order valence-electron chi connectivity index (χ0n) is 11.1. The summed E-state index contributed by atoms with van der Waals surface area (Å²) in [5, 5.41) is 20.3. The highest BCUT2D eigenvalue weighted by molar-refractivity contribution is 7.73. The summed E-state index contributed by atoms with van der Waals surface area (Å²) in [5.41, 5.74) is 0.787. The van der Waals surface area contributed by atoms with Crippen molar-refractivity contribution in [3.8, 4) is 17.2 Å². The number of nitro benzene ring substituents is 1. The van der Waals surface area contributed by atoms with Gasteiger partial charge < -0.3 is 14.5 Å². The lowest BCUT2D eigenvalue weighted by molar-refractivity contribution is -0.384. The van der Waals surface area contributed by atoms with Crippen LogP contribution in [0.2, 0.25) is 0 Å². The first-order valence-electron chi connectivity index (χ1n) is 6.27. The maximum Gasteiger partial charge on any atom is 0.269 e. The topological polar surface area (TPSA) is 92.3 Å². The molecule has 112 valence electrons. The van der Waals surface area contributed by atoms with Crippen molar-refractivity contribution in [3.63, 3.8) is 0 Å². The van der Waals surface area contributed by atoms with Crippen molar-refractivity contribution < 1.29 is 14.4 Å². The maximum atomic E-state index is 10.6. The Balaban J connectivity index is 1.82. The second-order valence-corrected chi connectivity index (χ2v) is 6.30. The van der Waals surface area contributed by atoms with Gasteiger partial charge in [-0.15, -0.1) is 11.3 Å². The summed E-state index contributed by atoms with van der Waals surface area (Å²) >= 11 is 6.26. The number of non-ortho nitro benzene ring substituents is 1. The predicted molar refractivity (Wildman–Crippen MR) is 84.8 cm³/mol. The molecule has 0 saturated carbocycles. The number of nitrogens with one attached hydrogen (secondary N) is 1. The number of rotatable bonds is 4. The molecule has 2 aromatic heterocycles. The van der Waals surface area contributed by atoms with Gasteiger partial charge in [0.15, 0.2) is 3.95 Å². The molecular formula is C14H10N2O4S2. The van der Waals surface area contributed by atoms with Gasteiger partial charge in [0.25, 0.3) is 5.69 Å². The molecule has 3 rings (SSSR count). The number of nitro groups is 1.